The van der Waals surface area contributed by atoms with E-state index < -0.39 is 17.2 Å². The van der Waals surface area contributed by atoms with Crippen LogP contribution in [0.4, 0.5) is 13.2 Å². The fraction of sp³-hybridized carbons (Fsp3) is 1.00. The van der Waals surface area contributed by atoms with Crippen molar-refractivity contribution in [2.45, 2.75) is 110 Å². The molecule has 4 rings (SSSR count). The molecule has 0 aliphatic heterocycles. The van der Waals surface area contributed by atoms with Gasteiger partial charge in [0.25, 0.3) is 0 Å². The first-order chi connectivity index (χ1) is 14.3. The zero-order valence-electron chi connectivity index (χ0n) is 19.9. The van der Waals surface area contributed by atoms with Gasteiger partial charge in [-0.1, -0.05) is 27.7 Å². The molecule has 180 valence electrons. The van der Waals surface area contributed by atoms with Crippen LogP contribution in [0.3, 0.4) is 0 Å². The van der Waals surface area contributed by atoms with Gasteiger partial charge in [0.05, 0.1) is 0 Å². The quantitative estimate of drug-likeness (QED) is 0.504. The Morgan fingerprint density at radius 3 is 2.29 bits per heavy atom. The van der Waals surface area contributed by atoms with Gasteiger partial charge < -0.3 is 10.2 Å². The molecule has 0 heterocycles. The minimum absolute atomic E-state index is 0.116. The van der Waals surface area contributed by atoms with Crippen molar-refractivity contribution < 1.29 is 23.4 Å². The average molecular weight is 445 g/mol. The monoisotopic (exact) mass is 444 g/mol. The molecule has 0 aromatic heterocycles. The molecule has 0 aromatic rings. The third-order valence-electron chi connectivity index (χ3n) is 11.5. The molecular weight excluding hydrogens is 401 g/mol. The maximum atomic E-state index is 13.7. The first kappa shape index (κ1) is 23.9. The van der Waals surface area contributed by atoms with Gasteiger partial charge in [-0.25, -0.2) is 0 Å². The van der Waals surface area contributed by atoms with Crippen molar-refractivity contribution >= 4 is 0 Å². The van der Waals surface area contributed by atoms with E-state index in [0.29, 0.717) is 41.4 Å². The van der Waals surface area contributed by atoms with Gasteiger partial charge in [0.15, 0.2) is 5.60 Å². The van der Waals surface area contributed by atoms with Crippen molar-refractivity contribution in [3.8, 4) is 0 Å². The second kappa shape index (κ2) is 7.61. The molecule has 0 unspecified atom stereocenters. The van der Waals surface area contributed by atoms with Gasteiger partial charge in [-0.3, -0.25) is 0 Å². The van der Waals surface area contributed by atoms with Gasteiger partial charge in [0, 0.05) is 6.61 Å². The first-order valence-electron chi connectivity index (χ1n) is 12.7. The molecule has 0 aromatic carbocycles. The minimum atomic E-state index is -4.54. The minimum Gasteiger partial charge on any atom is -0.396 e. The van der Waals surface area contributed by atoms with Gasteiger partial charge in [-0.05, 0) is 116 Å². The Morgan fingerprint density at radius 1 is 0.935 bits per heavy atom. The first-order valence-corrected chi connectivity index (χ1v) is 12.7. The summed E-state index contributed by atoms with van der Waals surface area (Å²) in [5.74, 6) is 3.10. The number of rotatable bonds is 4. The summed E-state index contributed by atoms with van der Waals surface area (Å²) in [4.78, 5) is 0. The standard InChI is InChI=1S/C26H43F3O2/c1-17(6-5-15-30)19-7-8-20-18-9-11-22(2)16-25(31,26(27,28)29)14-13-24(22,4)21(18)10-12-23(19,20)3/h17-21,30-31H,5-16H2,1-4H3/t17-,18-,19-,20-,21-,22-,23+,24+,25-/m0/s1. The summed E-state index contributed by atoms with van der Waals surface area (Å²) < 4.78 is 41.0. The summed E-state index contributed by atoms with van der Waals surface area (Å²) in [6, 6.07) is 0. The Hall–Kier alpha value is -0.290. The van der Waals surface area contributed by atoms with Gasteiger partial charge in [-0.2, -0.15) is 13.2 Å². The van der Waals surface area contributed by atoms with E-state index in [1.807, 2.05) is 6.92 Å². The van der Waals surface area contributed by atoms with Crippen molar-refractivity contribution in [3.63, 3.8) is 0 Å². The molecule has 0 amide bonds. The van der Waals surface area contributed by atoms with Gasteiger partial charge in [-0.15, -0.1) is 0 Å². The average Bonchev–Trinajstić information content (AvgIpc) is 3.03. The largest absolute Gasteiger partial charge is 0.417 e. The van der Waals surface area contributed by atoms with Crippen molar-refractivity contribution in [1.29, 1.82) is 0 Å². The molecule has 31 heavy (non-hydrogen) atoms. The number of fused-ring (bicyclic) bond motifs is 5. The fourth-order valence-corrected chi connectivity index (χ4v) is 9.51. The molecular formula is C26H43F3O2. The van der Waals surface area contributed by atoms with E-state index >= 15 is 0 Å². The zero-order chi connectivity index (χ0) is 22.9. The lowest BCUT2D eigenvalue weighted by molar-refractivity contribution is -0.303. The smallest absolute Gasteiger partial charge is 0.396 e. The lowest BCUT2D eigenvalue weighted by atomic mass is 9.39. The molecule has 4 saturated carbocycles. The lowest BCUT2D eigenvalue weighted by Crippen LogP contribution is -2.63. The Labute approximate surface area is 186 Å². The van der Waals surface area contributed by atoms with Crippen molar-refractivity contribution in [2.24, 2.45) is 45.8 Å². The van der Waals surface area contributed by atoms with Crippen LogP contribution >= 0.6 is 0 Å². The summed E-state index contributed by atoms with van der Waals surface area (Å²) in [6.45, 7) is 9.43. The molecule has 0 bridgehead atoms. The third-order valence-corrected chi connectivity index (χ3v) is 11.5. The van der Waals surface area contributed by atoms with E-state index in [1.54, 1.807) is 0 Å². The number of halogens is 3. The van der Waals surface area contributed by atoms with Crippen LogP contribution < -0.4 is 0 Å². The summed E-state index contributed by atoms with van der Waals surface area (Å²) >= 11 is 0. The van der Waals surface area contributed by atoms with E-state index in [0.717, 1.165) is 32.1 Å². The molecule has 2 N–H and O–H groups in total. The second-order valence-corrected chi connectivity index (χ2v) is 12.7. The SMILES string of the molecule is C[C@@H](CCCO)[C@@H]1CC[C@H]2[C@@H]3CC[C@@]4(C)C[C@](O)(C(F)(F)F)CC[C@]4(C)[C@H]3CC[C@@]21C. The predicted octanol–water partition coefficient (Wildman–Crippen LogP) is 6.74. The number of hydrogen-bond acceptors (Lipinski definition) is 2. The Balaban J connectivity index is 1.56. The maximum Gasteiger partial charge on any atom is 0.417 e. The highest BCUT2D eigenvalue weighted by atomic mass is 19.4. The Bertz CT molecular complexity index is 680. The van der Waals surface area contributed by atoms with Crippen LogP contribution in [0.5, 0.6) is 0 Å². The highest BCUT2D eigenvalue weighted by Gasteiger charge is 2.68. The van der Waals surface area contributed by atoms with Crippen molar-refractivity contribution in [3.05, 3.63) is 0 Å². The van der Waals surface area contributed by atoms with Crippen LogP contribution in [-0.4, -0.2) is 28.6 Å². The van der Waals surface area contributed by atoms with E-state index in [9.17, 15) is 23.4 Å². The fourth-order valence-electron chi connectivity index (χ4n) is 9.51. The van der Waals surface area contributed by atoms with Crippen LogP contribution in [-0.2, 0) is 0 Å². The topological polar surface area (TPSA) is 40.5 Å². The molecule has 4 aliphatic rings. The third kappa shape index (κ3) is 3.42. The van der Waals surface area contributed by atoms with Gasteiger partial charge >= 0.3 is 6.18 Å². The number of aliphatic hydroxyl groups excluding tert-OH is 1. The van der Waals surface area contributed by atoms with Crippen LogP contribution in [0.25, 0.3) is 0 Å². The van der Waals surface area contributed by atoms with E-state index in [1.165, 1.54) is 19.3 Å². The highest BCUT2D eigenvalue weighted by molar-refractivity contribution is 5.15. The molecule has 0 radical (unpaired) electrons. The normalized spacial score (nSPS) is 51.0. The van der Waals surface area contributed by atoms with Crippen molar-refractivity contribution in [2.75, 3.05) is 6.61 Å². The number of aliphatic hydroxyl groups is 2. The van der Waals surface area contributed by atoms with Crippen LogP contribution in [0.2, 0.25) is 0 Å². The molecule has 0 spiro atoms. The molecule has 5 heteroatoms. The van der Waals surface area contributed by atoms with Crippen LogP contribution in [0, 0.1) is 45.8 Å². The van der Waals surface area contributed by atoms with E-state index in [2.05, 4.69) is 20.8 Å². The highest BCUT2D eigenvalue weighted by Crippen LogP contribution is 2.72. The molecule has 2 nitrogen and oxygen atoms in total. The van der Waals surface area contributed by atoms with E-state index in [4.69, 9.17) is 0 Å². The molecule has 4 fully saturated rings. The maximum absolute atomic E-state index is 13.7. The summed E-state index contributed by atoms with van der Waals surface area (Å²) in [5, 5.41) is 19.8. The lowest BCUT2D eigenvalue weighted by Gasteiger charge is -2.66. The second-order valence-electron chi connectivity index (χ2n) is 12.7. The van der Waals surface area contributed by atoms with Gasteiger partial charge in [0.1, 0.15) is 0 Å². The van der Waals surface area contributed by atoms with Crippen LogP contribution in [0.1, 0.15) is 98.3 Å². The Morgan fingerprint density at radius 2 is 1.65 bits per heavy atom. The van der Waals surface area contributed by atoms with Gasteiger partial charge in [0.2, 0.25) is 0 Å². The summed E-state index contributed by atoms with van der Waals surface area (Å²) in [5.41, 5.74) is -2.74. The summed E-state index contributed by atoms with van der Waals surface area (Å²) in [7, 11) is 0. The predicted molar refractivity (Wildman–Crippen MR) is 116 cm³/mol. The Kier molecular flexibility index (Phi) is 5.86. The zero-order valence-corrected chi connectivity index (χ0v) is 19.9. The van der Waals surface area contributed by atoms with Crippen molar-refractivity contribution in [1.82, 2.24) is 0 Å². The number of alkyl halides is 3. The van der Waals surface area contributed by atoms with E-state index in [-0.39, 0.29) is 24.9 Å². The number of hydrogen-bond donors (Lipinski definition) is 2. The molecule has 9 atom stereocenters. The van der Waals surface area contributed by atoms with Crippen LogP contribution in [0.15, 0.2) is 0 Å². The summed E-state index contributed by atoms with van der Waals surface area (Å²) in [6.07, 6.45) is 4.28. The molecule has 4 aliphatic carbocycles. The molecule has 0 saturated heterocycles.